The number of carboxylic acid groups (broad SMARTS) is 1. The van der Waals surface area contributed by atoms with Crippen molar-refractivity contribution in [1.82, 2.24) is 0 Å². The molecule has 1 rings (SSSR count). The third-order valence-electron chi connectivity index (χ3n) is 1.73. The van der Waals surface area contributed by atoms with Crippen LogP contribution in [-0.4, -0.2) is 23.0 Å². The molecule has 1 unspecified atom stereocenters. The monoisotopic (exact) mass is 208 g/mol. The molecule has 0 spiro atoms. The average Bonchev–Trinajstić information content (AvgIpc) is 2.26. The molecule has 0 bridgehead atoms. The Hall–Kier alpha value is -2.04. The van der Waals surface area contributed by atoms with Crippen molar-refractivity contribution in [3.05, 3.63) is 35.9 Å². The van der Waals surface area contributed by atoms with E-state index in [1.54, 1.807) is 24.3 Å². The highest BCUT2D eigenvalue weighted by molar-refractivity contribution is 5.97. The zero-order chi connectivity index (χ0) is 11.3. The number of nitrogens with zero attached hydrogens (tertiary/aromatic N) is 1. The molecule has 80 valence electrons. The Morgan fingerprint density at radius 1 is 1.47 bits per heavy atom. The third kappa shape index (κ3) is 3.30. The van der Waals surface area contributed by atoms with Crippen molar-refractivity contribution >= 4 is 11.8 Å². The van der Waals surface area contributed by atoms with Crippen molar-refractivity contribution in [2.45, 2.75) is 13.0 Å². The van der Waals surface area contributed by atoms with Gasteiger partial charge in [0.2, 0.25) is 6.10 Å². The summed E-state index contributed by atoms with van der Waals surface area (Å²) < 4.78 is 0. The number of benzene rings is 1. The summed E-state index contributed by atoms with van der Waals surface area (Å²) in [6, 6.07) is 8.97. The second-order valence-electron chi connectivity index (χ2n) is 2.93. The molecule has 0 amide bonds. The highest BCUT2D eigenvalue weighted by atomic mass is 16.6. The maximum Gasteiger partial charge on any atom is 0.347 e. The number of carbonyl (C=O) groups is 1. The number of oxime groups is 1. The summed E-state index contributed by atoms with van der Waals surface area (Å²) in [6.45, 7) is 1.38. The Morgan fingerprint density at radius 2 is 2.07 bits per heavy atom. The predicted octanol–water partition coefficient (Wildman–Crippen LogP) is 0.797. The van der Waals surface area contributed by atoms with Gasteiger partial charge in [-0.2, -0.15) is 0 Å². The molecule has 0 heterocycles. The van der Waals surface area contributed by atoms with Crippen LogP contribution in [0.5, 0.6) is 0 Å². The molecule has 3 N–H and O–H groups in total. The van der Waals surface area contributed by atoms with Crippen LogP contribution in [0.1, 0.15) is 12.5 Å². The molecule has 0 saturated heterocycles. The fourth-order valence-electron chi connectivity index (χ4n) is 0.843. The van der Waals surface area contributed by atoms with Gasteiger partial charge < -0.3 is 15.7 Å². The topological polar surface area (TPSA) is 84.9 Å². The summed E-state index contributed by atoms with van der Waals surface area (Å²) in [5.41, 5.74) is 6.27. The first-order valence-electron chi connectivity index (χ1n) is 4.38. The number of hydrogen-bond donors (Lipinski definition) is 2. The lowest BCUT2D eigenvalue weighted by atomic mass is 10.2. The van der Waals surface area contributed by atoms with Gasteiger partial charge in [-0.15, -0.1) is 0 Å². The lowest BCUT2D eigenvalue weighted by Crippen LogP contribution is -2.20. The molecule has 0 aliphatic heterocycles. The molecule has 0 radical (unpaired) electrons. The van der Waals surface area contributed by atoms with Crippen LogP contribution in [0.15, 0.2) is 35.5 Å². The van der Waals surface area contributed by atoms with E-state index in [1.165, 1.54) is 6.92 Å². The smallest absolute Gasteiger partial charge is 0.347 e. The molecule has 5 heteroatoms. The summed E-state index contributed by atoms with van der Waals surface area (Å²) >= 11 is 0. The van der Waals surface area contributed by atoms with E-state index < -0.39 is 12.1 Å². The maximum atomic E-state index is 10.4. The molecule has 0 aliphatic rings. The number of aliphatic carboxylic acids is 1. The van der Waals surface area contributed by atoms with Crippen LogP contribution in [0.4, 0.5) is 0 Å². The van der Waals surface area contributed by atoms with Crippen molar-refractivity contribution in [2.24, 2.45) is 10.9 Å². The molecule has 1 atom stereocenters. The van der Waals surface area contributed by atoms with Gasteiger partial charge in [0.1, 0.15) is 0 Å². The molecular weight excluding hydrogens is 196 g/mol. The third-order valence-corrected chi connectivity index (χ3v) is 1.73. The quantitative estimate of drug-likeness (QED) is 0.435. The van der Waals surface area contributed by atoms with Crippen LogP contribution < -0.4 is 5.73 Å². The first-order valence-corrected chi connectivity index (χ1v) is 4.38. The Labute approximate surface area is 87.1 Å². The van der Waals surface area contributed by atoms with Crippen molar-refractivity contribution in [3.8, 4) is 0 Å². The second-order valence-corrected chi connectivity index (χ2v) is 2.93. The van der Waals surface area contributed by atoms with Crippen molar-refractivity contribution < 1.29 is 14.7 Å². The van der Waals surface area contributed by atoms with E-state index in [-0.39, 0.29) is 5.84 Å². The van der Waals surface area contributed by atoms with Gasteiger partial charge in [-0.3, -0.25) is 0 Å². The van der Waals surface area contributed by atoms with Crippen molar-refractivity contribution in [3.63, 3.8) is 0 Å². The Kier molecular flexibility index (Phi) is 3.68. The zero-order valence-corrected chi connectivity index (χ0v) is 8.25. The van der Waals surface area contributed by atoms with Crippen LogP contribution in [0.2, 0.25) is 0 Å². The van der Waals surface area contributed by atoms with Crippen LogP contribution in [0.3, 0.4) is 0 Å². The molecule has 1 aromatic rings. The predicted molar refractivity (Wildman–Crippen MR) is 55.3 cm³/mol. The van der Waals surface area contributed by atoms with E-state index in [2.05, 4.69) is 9.99 Å². The fourth-order valence-corrected chi connectivity index (χ4v) is 0.843. The summed E-state index contributed by atoms with van der Waals surface area (Å²) in [7, 11) is 0. The fraction of sp³-hybridized carbons (Fsp3) is 0.200. The van der Waals surface area contributed by atoms with Gasteiger partial charge in [0.05, 0.1) is 0 Å². The van der Waals surface area contributed by atoms with Gasteiger partial charge in [-0.05, 0) is 6.92 Å². The molecule has 0 aromatic heterocycles. The zero-order valence-electron chi connectivity index (χ0n) is 8.25. The van der Waals surface area contributed by atoms with Gasteiger partial charge in [0.25, 0.3) is 0 Å². The Bertz CT molecular complexity index is 362. The van der Waals surface area contributed by atoms with Crippen LogP contribution in [0, 0.1) is 0 Å². The lowest BCUT2D eigenvalue weighted by Gasteiger charge is -2.05. The summed E-state index contributed by atoms with van der Waals surface area (Å²) in [5.74, 6) is -0.927. The number of amidine groups is 1. The van der Waals surface area contributed by atoms with E-state index in [9.17, 15) is 4.79 Å². The SMILES string of the molecule is CC(O/N=C(\N)c1ccccc1)C(=O)O. The van der Waals surface area contributed by atoms with Gasteiger partial charge >= 0.3 is 5.97 Å². The molecule has 5 nitrogen and oxygen atoms in total. The van der Waals surface area contributed by atoms with E-state index in [0.717, 1.165) is 0 Å². The maximum absolute atomic E-state index is 10.4. The summed E-state index contributed by atoms with van der Waals surface area (Å²) in [4.78, 5) is 15.1. The molecule has 15 heavy (non-hydrogen) atoms. The van der Waals surface area contributed by atoms with Crippen LogP contribution in [0.25, 0.3) is 0 Å². The number of carboxylic acids is 1. The second kappa shape index (κ2) is 4.99. The van der Waals surface area contributed by atoms with Gasteiger partial charge in [0, 0.05) is 5.56 Å². The molecular formula is C10H12N2O3. The van der Waals surface area contributed by atoms with Gasteiger partial charge in [0.15, 0.2) is 5.84 Å². The largest absolute Gasteiger partial charge is 0.478 e. The molecule has 0 aliphatic carbocycles. The molecule has 0 saturated carbocycles. The Balaban J connectivity index is 2.65. The molecule has 0 fully saturated rings. The van der Waals surface area contributed by atoms with Gasteiger partial charge in [-0.25, -0.2) is 4.79 Å². The minimum Gasteiger partial charge on any atom is -0.478 e. The average molecular weight is 208 g/mol. The standard InChI is InChI=1S/C10H12N2O3/c1-7(10(13)14)15-12-9(11)8-5-3-2-4-6-8/h2-7H,1H3,(H2,11,12)(H,13,14). The minimum absolute atomic E-state index is 0.156. The Morgan fingerprint density at radius 3 is 2.60 bits per heavy atom. The number of nitrogens with two attached hydrogens (primary N) is 1. The first kappa shape index (κ1) is 11.0. The van der Waals surface area contributed by atoms with E-state index in [0.29, 0.717) is 5.56 Å². The highest BCUT2D eigenvalue weighted by Gasteiger charge is 2.11. The van der Waals surface area contributed by atoms with Crippen molar-refractivity contribution in [1.29, 1.82) is 0 Å². The minimum atomic E-state index is -1.08. The van der Waals surface area contributed by atoms with E-state index in [1.807, 2.05) is 6.07 Å². The lowest BCUT2D eigenvalue weighted by molar-refractivity contribution is -0.149. The van der Waals surface area contributed by atoms with Crippen LogP contribution >= 0.6 is 0 Å². The highest BCUT2D eigenvalue weighted by Crippen LogP contribution is 1.99. The van der Waals surface area contributed by atoms with Crippen LogP contribution in [-0.2, 0) is 9.63 Å². The van der Waals surface area contributed by atoms with E-state index >= 15 is 0 Å². The van der Waals surface area contributed by atoms with E-state index in [4.69, 9.17) is 10.8 Å². The number of rotatable bonds is 4. The van der Waals surface area contributed by atoms with Gasteiger partial charge in [-0.1, -0.05) is 35.5 Å². The normalized spacial score (nSPS) is 13.3. The molecule has 1 aromatic carbocycles. The number of hydrogen-bond acceptors (Lipinski definition) is 3. The summed E-state index contributed by atoms with van der Waals surface area (Å²) in [6.07, 6.45) is -1.01. The van der Waals surface area contributed by atoms with Crippen molar-refractivity contribution in [2.75, 3.05) is 0 Å². The summed E-state index contributed by atoms with van der Waals surface area (Å²) in [5, 5.41) is 12.1. The first-order chi connectivity index (χ1) is 7.11.